The van der Waals surface area contributed by atoms with E-state index in [2.05, 4.69) is 4.98 Å². The van der Waals surface area contributed by atoms with Gasteiger partial charge in [-0.2, -0.15) is 0 Å². The van der Waals surface area contributed by atoms with E-state index in [0.717, 1.165) is 12.1 Å². The predicted molar refractivity (Wildman–Crippen MR) is 102 cm³/mol. The standard InChI is InChI=1S/C23H16F3NO2/c24-15-7-5-14(6-8-15)11-18(17-10-9-16(25)12-19(17)26)21(28)13-23-27-20-3-1-2-4-22(20)29-23/h1-10,12,18H,11,13H2. The smallest absolute Gasteiger partial charge is 0.202 e. The van der Waals surface area contributed by atoms with Crippen molar-refractivity contribution < 1.29 is 22.4 Å². The SMILES string of the molecule is O=C(Cc1nc2ccccc2o1)C(Cc1ccc(F)cc1)c1ccc(F)cc1F. The zero-order valence-corrected chi connectivity index (χ0v) is 15.2. The molecule has 0 aliphatic rings. The Balaban J connectivity index is 1.66. The van der Waals surface area contributed by atoms with Gasteiger partial charge in [0.1, 0.15) is 28.8 Å². The molecule has 0 aliphatic carbocycles. The highest BCUT2D eigenvalue weighted by Crippen LogP contribution is 2.27. The number of nitrogens with zero attached hydrogens (tertiary/aromatic N) is 1. The molecule has 0 amide bonds. The Morgan fingerprint density at radius 2 is 1.66 bits per heavy atom. The largest absolute Gasteiger partial charge is 0.440 e. The van der Waals surface area contributed by atoms with Gasteiger partial charge < -0.3 is 4.42 Å². The summed E-state index contributed by atoms with van der Waals surface area (Å²) in [4.78, 5) is 17.4. The van der Waals surface area contributed by atoms with E-state index in [9.17, 15) is 18.0 Å². The summed E-state index contributed by atoms with van der Waals surface area (Å²) >= 11 is 0. The van der Waals surface area contributed by atoms with Crippen molar-refractivity contribution in [3.63, 3.8) is 0 Å². The molecule has 0 fully saturated rings. The second-order valence-corrected chi connectivity index (χ2v) is 6.77. The third-order valence-corrected chi connectivity index (χ3v) is 4.74. The minimum Gasteiger partial charge on any atom is -0.440 e. The summed E-state index contributed by atoms with van der Waals surface area (Å²) in [5, 5.41) is 0. The van der Waals surface area contributed by atoms with Crippen LogP contribution in [0.3, 0.4) is 0 Å². The van der Waals surface area contributed by atoms with E-state index in [1.807, 2.05) is 6.07 Å². The van der Waals surface area contributed by atoms with Crippen LogP contribution in [-0.2, 0) is 17.6 Å². The van der Waals surface area contributed by atoms with Crippen LogP contribution in [0.25, 0.3) is 11.1 Å². The monoisotopic (exact) mass is 395 g/mol. The lowest BCUT2D eigenvalue weighted by molar-refractivity contribution is -0.120. The Hall–Kier alpha value is -3.41. The first-order chi connectivity index (χ1) is 14.0. The number of oxazole rings is 1. The molecule has 4 rings (SSSR count). The molecule has 0 N–H and O–H groups in total. The maximum atomic E-state index is 14.4. The molecule has 1 unspecified atom stereocenters. The first kappa shape index (κ1) is 18.9. The number of hydrogen-bond donors (Lipinski definition) is 0. The molecule has 3 aromatic carbocycles. The highest BCUT2D eigenvalue weighted by Gasteiger charge is 2.26. The molecule has 3 nitrogen and oxygen atoms in total. The Bertz CT molecular complexity index is 1140. The van der Waals surface area contributed by atoms with Crippen LogP contribution in [0.2, 0.25) is 0 Å². The molecule has 0 aliphatic heterocycles. The van der Waals surface area contributed by atoms with E-state index in [0.29, 0.717) is 16.7 Å². The average Bonchev–Trinajstić information content (AvgIpc) is 3.10. The van der Waals surface area contributed by atoms with Crippen molar-refractivity contribution >= 4 is 16.9 Å². The Morgan fingerprint density at radius 1 is 0.931 bits per heavy atom. The van der Waals surface area contributed by atoms with Crippen molar-refractivity contribution in [2.75, 3.05) is 0 Å². The number of Topliss-reactive ketones (excluding diaryl/α,β-unsaturated/α-hetero) is 1. The fourth-order valence-electron chi connectivity index (χ4n) is 3.31. The summed E-state index contributed by atoms with van der Waals surface area (Å²) in [7, 11) is 0. The number of carbonyl (C=O) groups excluding carboxylic acids is 1. The normalized spacial score (nSPS) is 12.2. The van der Waals surface area contributed by atoms with Crippen molar-refractivity contribution in [3.8, 4) is 0 Å². The molecule has 4 aromatic rings. The zero-order valence-electron chi connectivity index (χ0n) is 15.2. The van der Waals surface area contributed by atoms with Crippen LogP contribution in [0.15, 0.2) is 71.1 Å². The first-order valence-electron chi connectivity index (χ1n) is 9.06. The van der Waals surface area contributed by atoms with E-state index in [1.165, 1.54) is 30.3 Å². The van der Waals surface area contributed by atoms with Gasteiger partial charge in [0.25, 0.3) is 0 Å². The maximum Gasteiger partial charge on any atom is 0.202 e. The molecular formula is C23H16F3NO2. The van der Waals surface area contributed by atoms with Crippen molar-refractivity contribution in [1.29, 1.82) is 0 Å². The van der Waals surface area contributed by atoms with E-state index >= 15 is 0 Å². The third-order valence-electron chi connectivity index (χ3n) is 4.74. The topological polar surface area (TPSA) is 43.1 Å². The number of fused-ring (bicyclic) bond motifs is 1. The number of rotatable bonds is 6. The second kappa shape index (κ2) is 7.91. The van der Waals surface area contributed by atoms with Gasteiger partial charge in [-0.1, -0.05) is 30.3 Å². The van der Waals surface area contributed by atoms with Gasteiger partial charge in [0.2, 0.25) is 5.89 Å². The van der Waals surface area contributed by atoms with E-state index in [4.69, 9.17) is 4.42 Å². The molecule has 0 saturated heterocycles. The number of hydrogen-bond acceptors (Lipinski definition) is 3. The zero-order chi connectivity index (χ0) is 20.4. The highest BCUT2D eigenvalue weighted by atomic mass is 19.1. The van der Waals surface area contributed by atoms with Crippen molar-refractivity contribution in [2.24, 2.45) is 0 Å². The van der Waals surface area contributed by atoms with Crippen LogP contribution in [0.5, 0.6) is 0 Å². The number of ketones is 1. The van der Waals surface area contributed by atoms with Gasteiger partial charge in [-0.25, -0.2) is 18.2 Å². The van der Waals surface area contributed by atoms with Gasteiger partial charge in [0.05, 0.1) is 12.3 Å². The highest BCUT2D eigenvalue weighted by molar-refractivity contribution is 5.88. The molecule has 146 valence electrons. The minimum atomic E-state index is -0.893. The lowest BCUT2D eigenvalue weighted by atomic mass is 9.86. The van der Waals surface area contributed by atoms with E-state index < -0.39 is 23.4 Å². The van der Waals surface area contributed by atoms with Crippen LogP contribution < -0.4 is 0 Å². The summed E-state index contributed by atoms with van der Waals surface area (Å²) in [5.74, 6) is -2.93. The van der Waals surface area contributed by atoms with Crippen molar-refractivity contribution in [3.05, 3.63) is 101 Å². The molecule has 0 bridgehead atoms. The Labute approximate surface area is 164 Å². The fraction of sp³-hybridized carbons (Fsp3) is 0.130. The van der Waals surface area contributed by atoms with Crippen LogP contribution in [0, 0.1) is 17.5 Å². The molecule has 29 heavy (non-hydrogen) atoms. The maximum absolute atomic E-state index is 14.4. The molecule has 1 heterocycles. The molecular weight excluding hydrogens is 379 g/mol. The number of aromatic nitrogens is 1. The molecule has 1 atom stereocenters. The van der Waals surface area contributed by atoms with Gasteiger partial charge in [0.15, 0.2) is 5.58 Å². The lowest BCUT2D eigenvalue weighted by Crippen LogP contribution is -2.19. The number of carbonyl (C=O) groups is 1. The molecule has 0 spiro atoms. The molecule has 0 radical (unpaired) electrons. The first-order valence-corrected chi connectivity index (χ1v) is 9.06. The quantitative estimate of drug-likeness (QED) is 0.440. The molecule has 6 heteroatoms. The van der Waals surface area contributed by atoms with Crippen molar-refractivity contribution in [2.45, 2.75) is 18.8 Å². The Kier molecular flexibility index (Phi) is 5.16. The van der Waals surface area contributed by atoms with Gasteiger partial charge >= 0.3 is 0 Å². The van der Waals surface area contributed by atoms with Gasteiger partial charge in [-0.15, -0.1) is 0 Å². The minimum absolute atomic E-state index is 0.0804. The summed E-state index contributed by atoms with van der Waals surface area (Å²) in [6, 6.07) is 15.9. The van der Waals surface area contributed by atoms with Gasteiger partial charge in [-0.3, -0.25) is 4.79 Å². The molecule has 0 saturated carbocycles. The summed E-state index contributed by atoms with van der Waals surface area (Å²) in [6.07, 6.45) is -0.000742. The Morgan fingerprint density at radius 3 is 2.38 bits per heavy atom. The molecule has 1 aromatic heterocycles. The number of para-hydroxylation sites is 2. The number of benzene rings is 3. The predicted octanol–water partition coefficient (Wildman–Crippen LogP) is 5.38. The van der Waals surface area contributed by atoms with Gasteiger partial charge in [0, 0.05) is 6.07 Å². The fourth-order valence-corrected chi connectivity index (χ4v) is 3.31. The summed E-state index contributed by atoms with van der Waals surface area (Å²) < 4.78 is 46.6. The third kappa shape index (κ3) is 4.21. The van der Waals surface area contributed by atoms with Crippen LogP contribution in [0.1, 0.15) is 22.9 Å². The average molecular weight is 395 g/mol. The second-order valence-electron chi connectivity index (χ2n) is 6.77. The van der Waals surface area contributed by atoms with Crippen LogP contribution in [-0.4, -0.2) is 10.8 Å². The van der Waals surface area contributed by atoms with Crippen molar-refractivity contribution in [1.82, 2.24) is 4.98 Å². The lowest BCUT2D eigenvalue weighted by Gasteiger charge is -2.17. The number of halogens is 3. The summed E-state index contributed by atoms with van der Waals surface area (Å²) in [5.41, 5.74) is 1.92. The van der Waals surface area contributed by atoms with Gasteiger partial charge in [-0.05, 0) is 47.9 Å². The summed E-state index contributed by atoms with van der Waals surface area (Å²) in [6.45, 7) is 0. The van der Waals surface area contributed by atoms with E-state index in [-0.39, 0.29) is 30.1 Å². The van der Waals surface area contributed by atoms with Crippen LogP contribution >= 0.6 is 0 Å². The van der Waals surface area contributed by atoms with Crippen LogP contribution in [0.4, 0.5) is 13.2 Å². The van der Waals surface area contributed by atoms with E-state index in [1.54, 1.807) is 18.2 Å².